The van der Waals surface area contributed by atoms with Crippen molar-refractivity contribution in [2.45, 2.75) is 43.3 Å². The Labute approximate surface area is 143 Å². The van der Waals surface area contributed by atoms with Crippen LogP contribution < -0.4 is 5.32 Å². The highest BCUT2D eigenvalue weighted by Gasteiger charge is 2.44. The van der Waals surface area contributed by atoms with E-state index in [4.69, 9.17) is 0 Å². The SMILES string of the molecule is CN(C)C1(CNC(=O)c2cccc(C(F)(F)F)c2)CCC(F)(F)CC1. The number of hydrogen-bond donors (Lipinski definition) is 1. The number of rotatable bonds is 4. The van der Waals surface area contributed by atoms with Crippen molar-refractivity contribution < 1.29 is 26.7 Å². The molecule has 25 heavy (non-hydrogen) atoms. The maximum Gasteiger partial charge on any atom is 0.416 e. The van der Waals surface area contributed by atoms with Crippen LogP contribution in [0.2, 0.25) is 0 Å². The lowest BCUT2D eigenvalue weighted by Crippen LogP contribution is -2.56. The summed E-state index contributed by atoms with van der Waals surface area (Å²) in [5.74, 6) is -3.35. The van der Waals surface area contributed by atoms with Crippen molar-refractivity contribution in [3.63, 3.8) is 0 Å². The number of carbonyl (C=O) groups is 1. The maximum atomic E-state index is 13.4. The molecule has 0 aliphatic heterocycles. The van der Waals surface area contributed by atoms with E-state index in [2.05, 4.69) is 5.32 Å². The summed E-state index contributed by atoms with van der Waals surface area (Å²) in [6, 6.07) is 4.14. The number of nitrogens with one attached hydrogen (secondary N) is 1. The lowest BCUT2D eigenvalue weighted by molar-refractivity contribution is -0.137. The summed E-state index contributed by atoms with van der Waals surface area (Å²) in [7, 11) is 3.50. The number of halogens is 5. The molecule has 1 fully saturated rings. The highest BCUT2D eigenvalue weighted by atomic mass is 19.4. The number of hydrogen-bond acceptors (Lipinski definition) is 2. The van der Waals surface area contributed by atoms with Crippen molar-refractivity contribution in [2.24, 2.45) is 0 Å². The fourth-order valence-electron chi connectivity index (χ4n) is 3.05. The number of nitrogens with zero attached hydrogens (tertiary/aromatic N) is 1. The third-order valence-corrected chi connectivity index (χ3v) is 4.89. The molecule has 1 aliphatic rings. The molecule has 0 aromatic heterocycles. The first kappa shape index (κ1) is 19.6. The zero-order valence-corrected chi connectivity index (χ0v) is 14.1. The van der Waals surface area contributed by atoms with E-state index in [1.54, 1.807) is 19.0 Å². The predicted octanol–water partition coefficient (Wildman–Crippen LogP) is 3.94. The van der Waals surface area contributed by atoms with Gasteiger partial charge < -0.3 is 10.2 Å². The third kappa shape index (κ3) is 4.68. The first-order valence-electron chi connectivity index (χ1n) is 7.96. The second kappa shape index (κ2) is 6.90. The Morgan fingerprint density at radius 3 is 2.28 bits per heavy atom. The zero-order chi connectivity index (χ0) is 18.9. The van der Waals surface area contributed by atoms with Crippen LogP contribution in [0.5, 0.6) is 0 Å². The second-order valence-corrected chi connectivity index (χ2v) is 6.74. The Balaban J connectivity index is 2.08. The number of amides is 1. The predicted molar refractivity (Wildman–Crippen MR) is 83.6 cm³/mol. The fraction of sp³-hybridized carbons (Fsp3) is 0.588. The molecule has 0 saturated heterocycles. The van der Waals surface area contributed by atoms with E-state index in [1.807, 2.05) is 0 Å². The van der Waals surface area contributed by atoms with Crippen molar-refractivity contribution in [1.82, 2.24) is 10.2 Å². The van der Waals surface area contributed by atoms with Gasteiger partial charge in [0.2, 0.25) is 5.92 Å². The minimum Gasteiger partial charge on any atom is -0.350 e. The van der Waals surface area contributed by atoms with Gasteiger partial charge in [-0.3, -0.25) is 4.79 Å². The van der Waals surface area contributed by atoms with Gasteiger partial charge in [0, 0.05) is 30.5 Å². The van der Waals surface area contributed by atoms with E-state index in [9.17, 15) is 26.7 Å². The second-order valence-electron chi connectivity index (χ2n) is 6.74. The van der Waals surface area contributed by atoms with Gasteiger partial charge in [-0.15, -0.1) is 0 Å². The summed E-state index contributed by atoms with van der Waals surface area (Å²) in [6.45, 7) is 0.102. The minimum absolute atomic E-state index is 0.102. The molecule has 1 amide bonds. The Kier molecular flexibility index (Phi) is 5.41. The molecule has 3 nitrogen and oxygen atoms in total. The molecule has 1 N–H and O–H groups in total. The van der Waals surface area contributed by atoms with Gasteiger partial charge in [-0.1, -0.05) is 6.07 Å². The van der Waals surface area contributed by atoms with Crippen LogP contribution in [0.3, 0.4) is 0 Å². The van der Waals surface area contributed by atoms with Crippen LogP contribution in [-0.4, -0.2) is 42.9 Å². The van der Waals surface area contributed by atoms with Gasteiger partial charge in [-0.05, 0) is 45.1 Å². The van der Waals surface area contributed by atoms with E-state index < -0.39 is 29.1 Å². The molecular formula is C17H21F5N2O. The average Bonchev–Trinajstić information content (AvgIpc) is 2.53. The quantitative estimate of drug-likeness (QED) is 0.821. The van der Waals surface area contributed by atoms with Crippen LogP contribution in [0.15, 0.2) is 24.3 Å². The zero-order valence-electron chi connectivity index (χ0n) is 14.1. The maximum absolute atomic E-state index is 13.4. The van der Waals surface area contributed by atoms with Gasteiger partial charge in [0.25, 0.3) is 5.91 Å². The van der Waals surface area contributed by atoms with Crippen LogP contribution in [0, 0.1) is 0 Å². The molecule has 8 heteroatoms. The topological polar surface area (TPSA) is 32.3 Å². The van der Waals surface area contributed by atoms with E-state index in [-0.39, 0.29) is 37.8 Å². The molecule has 2 rings (SSSR count). The average molecular weight is 364 g/mol. The van der Waals surface area contributed by atoms with Gasteiger partial charge in [0.15, 0.2) is 0 Å². The molecule has 0 unspecified atom stereocenters. The Morgan fingerprint density at radius 1 is 1.16 bits per heavy atom. The van der Waals surface area contributed by atoms with Crippen LogP contribution in [-0.2, 0) is 6.18 Å². The first-order valence-corrected chi connectivity index (χ1v) is 7.96. The monoisotopic (exact) mass is 364 g/mol. The number of benzene rings is 1. The van der Waals surface area contributed by atoms with Crippen LogP contribution in [0.4, 0.5) is 22.0 Å². The highest BCUT2D eigenvalue weighted by molar-refractivity contribution is 5.94. The number of alkyl halides is 5. The van der Waals surface area contributed by atoms with Crippen molar-refractivity contribution in [3.05, 3.63) is 35.4 Å². The van der Waals surface area contributed by atoms with Gasteiger partial charge in [-0.25, -0.2) is 8.78 Å². The highest BCUT2D eigenvalue weighted by Crippen LogP contribution is 2.40. The van der Waals surface area contributed by atoms with Crippen molar-refractivity contribution in [2.75, 3.05) is 20.6 Å². The fourth-order valence-corrected chi connectivity index (χ4v) is 3.05. The molecule has 1 aromatic rings. The van der Waals surface area contributed by atoms with Crippen LogP contribution in [0.25, 0.3) is 0 Å². The standard InChI is InChI=1S/C17H21F5N2O/c1-24(2)15(6-8-16(18,19)9-7-15)11-23-14(25)12-4-3-5-13(10-12)17(20,21)22/h3-5,10H,6-9,11H2,1-2H3,(H,23,25). The Hall–Kier alpha value is -1.70. The summed E-state index contributed by atoms with van der Waals surface area (Å²) in [6.07, 6.45) is -4.67. The third-order valence-electron chi connectivity index (χ3n) is 4.89. The molecule has 1 saturated carbocycles. The van der Waals surface area contributed by atoms with Gasteiger partial charge in [0.1, 0.15) is 0 Å². The molecule has 140 valence electrons. The number of likely N-dealkylation sites (N-methyl/N-ethyl adjacent to an activating group) is 1. The molecule has 0 radical (unpaired) electrons. The molecule has 0 spiro atoms. The summed E-state index contributed by atoms with van der Waals surface area (Å²) in [5, 5.41) is 2.60. The minimum atomic E-state index is -4.53. The van der Waals surface area contributed by atoms with E-state index in [1.165, 1.54) is 12.1 Å². The van der Waals surface area contributed by atoms with Crippen molar-refractivity contribution in [1.29, 1.82) is 0 Å². The summed E-state index contributed by atoms with van der Waals surface area (Å²) in [4.78, 5) is 14.0. The Morgan fingerprint density at radius 2 is 1.76 bits per heavy atom. The van der Waals surface area contributed by atoms with E-state index in [0.717, 1.165) is 12.1 Å². The van der Waals surface area contributed by atoms with Crippen LogP contribution in [0.1, 0.15) is 41.6 Å². The van der Waals surface area contributed by atoms with Gasteiger partial charge in [-0.2, -0.15) is 13.2 Å². The first-order chi connectivity index (χ1) is 11.5. The lowest BCUT2D eigenvalue weighted by Gasteiger charge is -2.45. The lowest BCUT2D eigenvalue weighted by atomic mass is 9.78. The molecule has 0 bridgehead atoms. The van der Waals surface area contributed by atoms with Crippen molar-refractivity contribution in [3.8, 4) is 0 Å². The van der Waals surface area contributed by atoms with E-state index in [0.29, 0.717) is 0 Å². The molecular weight excluding hydrogens is 343 g/mol. The van der Waals surface area contributed by atoms with E-state index >= 15 is 0 Å². The molecule has 0 heterocycles. The van der Waals surface area contributed by atoms with Gasteiger partial charge in [0.05, 0.1) is 5.56 Å². The molecule has 0 atom stereocenters. The Bertz CT molecular complexity index is 618. The molecule has 1 aromatic carbocycles. The van der Waals surface area contributed by atoms with Crippen molar-refractivity contribution >= 4 is 5.91 Å². The molecule has 1 aliphatic carbocycles. The summed E-state index contributed by atoms with van der Waals surface area (Å²) in [5.41, 5.74) is -1.64. The largest absolute Gasteiger partial charge is 0.416 e. The van der Waals surface area contributed by atoms with Gasteiger partial charge >= 0.3 is 6.18 Å². The smallest absolute Gasteiger partial charge is 0.350 e. The summed E-state index contributed by atoms with van der Waals surface area (Å²) >= 11 is 0. The number of carbonyl (C=O) groups excluding carboxylic acids is 1. The summed E-state index contributed by atoms with van der Waals surface area (Å²) < 4.78 is 65.1. The normalized spacial score (nSPS) is 19.7. The van der Waals surface area contributed by atoms with Crippen LogP contribution >= 0.6 is 0 Å².